The second kappa shape index (κ2) is 11.4. The Labute approximate surface area is 126 Å². The first-order valence-electron chi connectivity index (χ1n) is 5.99. The van der Waals surface area contributed by atoms with Gasteiger partial charge < -0.3 is 15.4 Å². The van der Waals surface area contributed by atoms with Gasteiger partial charge in [0.2, 0.25) is 0 Å². The number of halogens is 1. The van der Waals surface area contributed by atoms with Crippen LogP contribution < -0.4 is 10.6 Å². The number of aliphatic imine (C=N–C) groups is 1. The van der Waals surface area contributed by atoms with Crippen LogP contribution >= 0.6 is 35.7 Å². The summed E-state index contributed by atoms with van der Waals surface area (Å²) in [4.78, 5) is 4.59. The van der Waals surface area contributed by atoms with E-state index in [4.69, 9.17) is 4.74 Å². The average Bonchev–Trinajstić information content (AvgIpc) is 2.79. The Morgan fingerprint density at radius 3 is 2.88 bits per heavy atom. The van der Waals surface area contributed by atoms with Crippen molar-refractivity contribution in [2.45, 2.75) is 25.0 Å². The van der Waals surface area contributed by atoms with Crippen molar-refractivity contribution >= 4 is 41.7 Å². The van der Waals surface area contributed by atoms with E-state index in [1.165, 1.54) is 18.6 Å². The molecule has 0 bridgehead atoms. The lowest BCUT2D eigenvalue weighted by Gasteiger charge is -2.12. The summed E-state index contributed by atoms with van der Waals surface area (Å²) in [7, 11) is 1.71. The largest absolute Gasteiger partial charge is 0.383 e. The minimum atomic E-state index is 0. The van der Waals surface area contributed by atoms with E-state index in [1.54, 1.807) is 7.11 Å². The third kappa shape index (κ3) is 8.10. The van der Waals surface area contributed by atoms with Gasteiger partial charge in [-0.05, 0) is 25.5 Å². The summed E-state index contributed by atoms with van der Waals surface area (Å²) in [5, 5.41) is 7.21. The van der Waals surface area contributed by atoms with E-state index < -0.39 is 0 Å². The predicted molar refractivity (Wildman–Crippen MR) is 86.8 cm³/mol. The molecule has 1 atom stereocenters. The maximum atomic E-state index is 5.00. The molecule has 6 heteroatoms. The van der Waals surface area contributed by atoms with E-state index in [0.717, 1.165) is 30.8 Å². The summed E-state index contributed by atoms with van der Waals surface area (Å²) in [5.74, 6) is 2.21. The van der Waals surface area contributed by atoms with E-state index >= 15 is 0 Å². The van der Waals surface area contributed by atoms with Gasteiger partial charge in [-0.25, -0.2) is 0 Å². The maximum absolute atomic E-state index is 5.00. The number of thioether (sulfide) groups is 1. The second-order valence-electron chi connectivity index (χ2n) is 3.77. The first-order chi connectivity index (χ1) is 7.86. The SMILES string of the molecule is CCNC(=NCC1CCCS1)NCCOC.I. The van der Waals surface area contributed by atoms with E-state index in [0.29, 0.717) is 6.61 Å². The molecule has 1 aliphatic rings. The summed E-state index contributed by atoms with van der Waals surface area (Å²) < 4.78 is 5.00. The molecule has 0 amide bonds. The number of guanidine groups is 1. The van der Waals surface area contributed by atoms with Gasteiger partial charge in [0.05, 0.1) is 13.2 Å². The molecule has 102 valence electrons. The van der Waals surface area contributed by atoms with Crippen LogP contribution in [0.1, 0.15) is 19.8 Å². The molecule has 17 heavy (non-hydrogen) atoms. The Bertz CT molecular complexity index is 211. The first kappa shape index (κ1) is 17.3. The summed E-state index contributed by atoms with van der Waals surface area (Å²) in [5.41, 5.74) is 0. The smallest absolute Gasteiger partial charge is 0.191 e. The molecular formula is C11H24IN3OS. The molecule has 4 nitrogen and oxygen atoms in total. The maximum Gasteiger partial charge on any atom is 0.191 e. The number of rotatable bonds is 6. The van der Waals surface area contributed by atoms with Crippen LogP contribution in [0, 0.1) is 0 Å². The molecule has 0 spiro atoms. The summed E-state index contributed by atoms with van der Waals surface area (Å²) >= 11 is 2.04. The lowest BCUT2D eigenvalue weighted by Crippen LogP contribution is -2.39. The van der Waals surface area contributed by atoms with Gasteiger partial charge >= 0.3 is 0 Å². The highest BCUT2D eigenvalue weighted by Crippen LogP contribution is 2.25. The Morgan fingerprint density at radius 2 is 2.29 bits per heavy atom. The van der Waals surface area contributed by atoms with Crippen molar-refractivity contribution in [3.8, 4) is 0 Å². The van der Waals surface area contributed by atoms with E-state index in [9.17, 15) is 0 Å². The Balaban J connectivity index is 0.00000256. The molecule has 0 aromatic carbocycles. The molecule has 2 N–H and O–H groups in total. The van der Waals surface area contributed by atoms with Gasteiger partial charge in [0.15, 0.2) is 5.96 Å². The number of hydrogen-bond acceptors (Lipinski definition) is 3. The molecule has 1 heterocycles. The second-order valence-corrected chi connectivity index (χ2v) is 5.18. The van der Waals surface area contributed by atoms with Gasteiger partial charge in [-0.1, -0.05) is 0 Å². The van der Waals surface area contributed by atoms with Gasteiger partial charge in [-0.2, -0.15) is 11.8 Å². The third-order valence-corrected chi connectivity index (χ3v) is 3.80. The van der Waals surface area contributed by atoms with Crippen LogP contribution in [0.5, 0.6) is 0 Å². The highest BCUT2D eigenvalue weighted by molar-refractivity contribution is 14.0. The van der Waals surface area contributed by atoms with Crippen LogP contribution in [0.2, 0.25) is 0 Å². The Kier molecular flexibility index (Phi) is 11.6. The van der Waals surface area contributed by atoms with Crippen LogP contribution in [-0.2, 0) is 4.74 Å². The topological polar surface area (TPSA) is 45.7 Å². The minimum absolute atomic E-state index is 0. The minimum Gasteiger partial charge on any atom is -0.383 e. The van der Waals surface area contributed by atoms with Gasteiger partial charge in [-0.15, -0.1) is 24.0 Å². The zero-order valence-electron chi connectivity index (χ0n) is 10.7. The van der Waals surface area contributed by atoms with Crippen LogP contribution in [0.15, 0.2) is 4.99 Å². The van der Waals surface area contributed by atoms with Crippen molar-refractivity contribution in [2.75, 3.05) is 39.1 Å². The van der Waals surface area contributed by atoms with Crippen molar-refractivity contribution < 1.29 is 4.74 Å². The van der Waals surface area contributed by atoms with Gasteiger partial charge in [0, 0.05) is 25.4 Å². The van der Waals surface area contributed by atoms with E-state index in [-0.39, 0.29) is 24.0 Å². The lowest BCUT2D eigenvalue weighted by molar-refractivity contribution is 0.203. The monoisotopic (exact) mass is 373 g/mol. The fourth-order valence-corrected chi connectivity index (χ4v) is 2.77. The lowest BCUT2D eigenvalue weighted by atomic mass is 10.2. The number of nitrogens with one attached hydrogen (secondary N) is 2. The van der Waals surface area contributed by atoms with Crippen molar-refractivity contribution in [3.63, 3.8) is 0 Å². The van der Waals surface area contributed by atoms with Crippen molar-refractivity contribution in [2.24, 2.45) is 4.99 Å². The van der Waals surface area contributed by atoms with Crippen LogP contribution in [0.3, 0.4) is 0 Å². The standard InChI is InChI=1S/C11H23N3OS.HI/c1-3-12-11(13-6-7-15-2)14-9-10-5-4-8-16-10;/h10H,3-9H2,1-2H3,(H2,12,13,14);1H. The van der Waals surface area contributed by atoms with Crippen LogP contribution in [0.25, 0.3) is 0 Å². The molecule has 0 aromatic rings. The van der Waals surface area contributed by atoms with Crippen molar-refractivity contribution in [1.29, 1.82) is 0 Å². The molecule has 1 unspecified atom stereocenters. The quantitative estimate of drug-likeness (QED) is 0.322. The summed E-state index contributed by atoms with van der Waals surface area (Å²) in [6, 6.07) is 0. The molecule has 1 saturated heterocycles. The zero-order chi connectivity index (χ0) is 11.6. The van der Waals surface area contributed by atoms with Gasteiger partial charge in [-0.3, -0.25) is 4.99 Å². The highest BCUT2D eigenvalue weighted by atomic mass is 127. The van der Waals surface area contributed by atoms with Gasteiger partial charge in [0.25, 0.3) is 0 Å². The molecule has 0 radical (unpaired) electrons. The molecule has 1 aliphatic heterocycles. The molecule has 0 aromatic heterocycles. The fraction of sp³-hybridized carbons (Fsp3) is 0.909. The van der Waals surface area contributed by atoms with Gasteiger partial charge in [0.1, 0.15) is 0 Å². The summed E-state index contributed by atoms with van der Waals surface area (Å²) in [6.45, 7) is 5.42. The first-order valence-corrected chi connectivity index (χ1v) is 7.04. The number of nitrogens with zero attached hydrogens (tertiary/aromatic N) is 1. The highest BCUT2D eigenvalue weighted by Gasteiger charge is 2.14. The van der Waals surface area contributed by atoms with Crippen molar-refractivity contribution in [1.82, 2.24) is 10.6 Å². The molecule has 0 aliphatic carbocycles. The predicted octanol–water partition coefficient (Wildman–Crippen LogP) is 1.70. The number of ether oxygens (including phenoxy) is 1. The van der Waals surface area contributed by atoms with E-state index in [2.05, 4.69) is 22.5 Å². The summed E-state index contributed by atoms with van der Waals surface area (Å²) in [6.07, 6.45) is 2.66. The molecule has 0 saturated carbocycles. The number of hydrogen-bond donors (Lipinski definition) is 2. The zero-order valence-corrected chi connectivity index (χ0v) is 13.8. The molecular weight excluding hydrogens is 349 g/mol. The van der Waals surface area contributed by atoms with Crippen molar-refractivity contribution in [3.05, 3.63) is 0 Å². The average molecular weight is 373 g/mol. The fourth-order valence-electron chi connectivity index (χ4n) is 1.59. The number of methoxy groups -OCH3 is 1. The third-order valence-electron chi connectivity index (χ3n) is 2.42. The Hall–Kier alpha value is 0.310. The normalized spacial score (nSPS) is 19.9. The molecule has 1 fully saturated rings. The van der Waals surface area contributed by atoms with Crippen LogP contribution in [0.4, 0.5) is 0 Å². The van der Waals surface area contributed by atoms with E-state index in [1.807, 2.05) is 11.8 Å². The van der Waals surface area contributed by atoms with Crippen LogP contribution in [-0.4, -0.2) is 50.3 Å². The Morgan fingerprint density at radius 1 is 1.47 bits per heavy atom. The molecule has 1 rings (SSSR count).